The van der Waals surface area contributed by atoms with E-state index in [1.54, 1.807) is 0 Å². The van der Waals surface area contributed by atoms with Crippen molar-refractivity contribution < 1.29 is 0 Å². The molecule has 1 heterocycles. The van der Waals surface area contributed by atoms with Crippen LogP contribution in [0.1, 0.15) is 25.0 Å². The highest BCUT2D eigenvalue weighted by atomic mass is 15.1. The van der Waals surface area contributed by atoms with Crippen molar-refractivity contribution in [3.63, 3.8) is 0 Å². The van der Waals surface area contributed by atoms with Crippen molar-refractivity contribution in [1.82, 2.24) is 4.57 Å². The predicted octanol–water partition coefficient (Wildman–Crippen LogP) is 16.7. The van der Waals surface area contributed by atoms with E-state index in [-0.39, 0.29) is 5.41 Å². The van der Waals surface area contributed by atoms with Crippen molar-refractivity contribution >= 4 is 49.6 Å². The summed E-state index contributed by atoms with van der Waals surface area (Å²) in [5, 5.41) is 4.95. The first kappa shape index (κ1) is 36.9. The molecule has 0 aliphatic heterocycles. The van der Waals surface area contributed by atoms with Gasteiger partial charge in [0, 0.05) is 38.9 Å². The van der Waals surface area contributed by atoms with Gasteiger partial charge in [-0.1, -0.05) is 172 Å². The number of hydrogen-bond acceptors (Lipinski definition) is 1. The van der Waals surface area contributed by atoms with Crippen molar-refractivity contribution in [1.29, 1.82) is 0 Å². The van der Waals surface area contributed by atoms with E-state index in [1.165, 1.54) is 93.9 Å². The largest absolute Gasteiger partial charge is 0.310 e. The quantitative estimate of drug-likeness (QED) is 0.156. The lowest BCUT2D eigenvalue weighted by Gasteiger charge is -2.28. The molecule has 0 fully saturated rings. The van der Waals surface area contributed by atoms with Gasteiger partial charge in [-0.05, 0) is 139 Å². The molecule has 63 heavy (non-hydrogen) atoms. The lowest BCUT2D eigenvalue weighted by Crippen LogP contribution is -2.16. The van der Waals surface area contributed by atoms with Crippen LogP contribution >= 0.6 is 0 Å². The van der Waals surface area contributed by atoms with Crippen molar-refractivity contribution in [2.45, 2.75) is 19.3 Å². The third kappa shape index (κ3) is 6.17. The molecule has 0 spiro atoms. The number of para-hydroxylation sites is 2. The Balaban J connectivity index is 0.931. The predicted molar refractivity (Wildman–Crippen MR) is 267 cm³/mol. The lowest BCUT2D eigenvalue weighted by atomic mass is 9.82. The molecule has 0 amide bonds. The van der Waals surface area contributed by atoms with Crippen LogP contribution in [0, 0.1) is 0 Å². The van der Waals surface area contributed by atoms with Crippen LogP contribution in [0.2, 0.25) is 0 Å². The molecule has 10 aromatic carbocycles. The van der Waals surface area contributed by atoms with Crippen LogP contribution in [0.3, 0.4) is 0 Å². The summed E-state index contributed by atoms with van der Waals surface area (Å²) in [5.41, 5.74) is 19.5. The number of benzene rings is 10. The molecule has 298 valence electrons. The van der Waals surface area contributed by atoms with Gasteiger partial charge in [-0.15, -0.1) is 0 Å². The number of rotatable bonds is 7. The topological polar surface area (TPSA) is 8.17 Å². The minimum Gasteiger partial charge on any atom is -0.310 e. The van der Waals surface area contributed by atoms with Crippen LogP contribution in [0.25, 0.3) is 82.8 Å². The van der Waals surface area contributed by atoms with Crippen molar-refractivity contribution in [2.75, 3.05) is 4.90 Å². The molecule has 11 aromatic rings. The first-order valence-corrected chi connectivity index (χ1v) is 21.9. The van der Waals surface area contributed by atoms with E-state index in [0.717, 1.165) is 17.1 Å². The van der Waals surface area contributed by atoms with Crippen molar-refractivity contribution in [2.24, 2.45) is 0 Å². The van der Waals surface area contributed by atoms with Crippen molar-refractivity contribution in [3.8, 4) is 50.2 Å². The molecule has 0 bridgehead atoms. The number of anilines is 3. The fraction of sp³-hybridized carbons (Fsp3) is 0.0492. The fourth-order valence-electron chi connectivity index (χ4n) is 10.1. The maximum Gasteiger partial charge on any atom is 0.0541 e. The Bertz CT molecular complexity index is 3520. The van der Waals surface area contributed by atoms with Gasteiger partial charge in [-0.25, -0.2) is 0 Å². The molecule has 0 atom stereocenters. The van der Waals surface area contributed by atoms with Crippen LogP contribution in [0.15, 0.2) is 231 Å². The van der Waals surface area contributed by atoms with Gasteiger partial charge < -0.3 is 9.47 Å². The summed E-state index contributed by atoms with van der Waals surface area (Å²) in [6, 6.07) is 84.6. The number of aromatic nitrogens is 1. The first-order chi connectivity index (χ1) is 31.0. The summed E-state index contributed by atoms with van der Waals surface area (Å²) in [4.78, 5) is 2.43. The van der Waals surface area contributed by atoms with Crippen LogP contribution in [-0.4, -0.2) is 4.57 Å². The van der Waals surface area contributed by atoms with E-state index in [4.69, 9.17) is 0 Å². The molecule has 0 unspecified atom stereocenters. The minimum atomic E-state index is -0.113. The van der Waals surface area contributed by atoms with E-state index in [2.05, 4.69) is 254 Å². The number of nitrogens with zero attached hydrogens (tertiary/aromatic N) is 2. The van der Waals surface area contributed by atoms with E-state index in [1.807, 2.05) is 0 Å². The van der Waals surface area contributed by atoms with Crippen LogP contribution in [-0.2, 0) is 5.41 Å². The highest BCUT2D eigenvalue weighted by Gasteiger charge is 2.35. The molecule has 1 aromatic heterocycles. The average Bonchev–Trinajstić information content (AvgIpc) is 3.79. The van der Waals surface area contributed by atoms with E-state index < -0.39 is 0 Å². The standard InChI is InChI=1S/C61H44N2/c1-61(2)57-22-11-9-20-53(57)54-34-33-52(40-58(54)61)62(51-32-30-46-36-45(28-29-47(46)38-51)41-14-5-3-6-15-41)50-19-13-16-44(37-50)42-24-26-43(27-25-42)48-31-35-60-56(39-48)55-21-10-12-23-59(55)63(60)49-17-7-4-8-18-49/h3-40H,1-2H3. The van der Waals surface area contributed by atoms with E-state index >= 15 is 0 Å². The molecule has 0 radical (unpaired) electrons. The summed E-state index contributed by atoms with van der Waals surface area (Å²) >= 11 is 0. The molecule has 2 heteroatoms. The Morgan fingerprint density at radius 2 is 0.873 bits per heavy atom. The number of fused-ring (bicyclic) bond motifs is 7. The Kier molecular flexibility index (Phi) is 8.55. The van der Waals surface area contributed by atoms with Gasteiger partial charge in [-0.2, -0.15) is 0 Å². The average molecular weight is 805 g/mol. The van der Waals surface area contributed by atoms with E-state index in [9.17, 15) is 0 Å². The summed E-state index contributed by atoms with van der Waals surface area (Å²) in [6.07, 6.45) is 0. The van der Waals surface area contributed by atoms with Gasteiger partial charge in [0.15, 0.2) is 0 Å². The summed E-state index contributed by atoms with van der Waals surface area (Å²) in [6.45, 7) is 4.72. The Labute approximate surface area is 368 Å². The Hall–Kier alpha value is -7.94. The lowest BCUT2D eigenvalue weighted by molar-refractivity contribution is 0.660. The summed E-state index contributed by atoms with van der Waals surface area (Å²) in [5.74, 6) is 0. The Morgan fingerprint density at radius 3 is 1.70 bits per heavy atom. The van der Waals surface area contributed by atoms with E-state index in [0.29, 0.717) is 0 Å². The third-order valence-electron chi connectivity index (χ3n) is 13.4. The third-order valence-corrected chi connectivity index (χ3v) is 13.4. The zero-order valence-corrected chi connectivity index (χ0v) is 35.3. The maximum absolute atomic E-state index is 2.43. The zero-order valence-electron chi connectivity index (χ0n) is 35.3. The first-order valence-electron chi connectivity index (χ1n) is 21.9. The number of hydrogen-bond donors (Lipinski definition) is 0. The van der Waals surface area contributed by atoms with Gasteiger partial charge in [0.05, 0.1) is 11.0 Å². The van der Waals surface area contributed by atoms with Crippen LogP contribution < -0.4 is 4.90 Å². The molecule has 0 saturated carbocycles. The van der Waals surface area contributed by atoms with Gasteiger partial charge in [0.2, 0.25) is 0 Å². The molecule has 2 nitrogen and oxygen atoms in total. The molecule has 1 aliphatic carbocycles. The highest BCUT2D eigenvalue weighted by molar-refractivity contribution is 6.10. The molecule has 1 aliphatic rings. The second-order valence-electron chi connectivity index (χ2n) is 17.4. The van der Waals surface area contributed by atoms with Crippen LogP contribution in [0.4, 0.5) is 17.1 Å². The SMILES string of the molecule is CC1(C)c2ccccc2-c2ccc(N(c3cccc(-c4ccc(-c5ccc6c(c5)c5ccccc5n6-c5ccccc5)cc4)c3)c3ccc4cc(-c5ccccc5)ccc4c3)cc21. The summed E-state index contributed by atoms with van der Waals surface area (Å²) in [7, 11) is 0. The highest BCUT2D eigenvalue weighted by Crippen LogP contribution is 2.51. The molecule has 0 N–H and O–H groups in total. The molecular weight excluding hydrogens is 761 g/mol. The normalized spacial score (nSPS) is 12.7. The molecular formula is C61H44N2. The monoisotopic (exact) mass is 804 g/mol. The molecule has 0 saturated heterocycles. The molecule has 12 rings (SSSR count). The fourth-order valence-corrected chi connectivity index (χ4v) is 10.1. The van der Waals surface area contributed by atoms with Crippen molar-refractivity contribution in [3.05, 3.63) is 242 Å². The maximum atomic E-state index is 2.43. The Morgan fingerprint density at radius 1 is 0.333 bits per heavy atom. The van der Waals surface area contributed by atoms with Crippen LogP contribution in [0.5, 0.6) is 0 Å². The van der Waals surface area contributed by atoms with Gasteiger partial charge >= 0.3 is 0 Å². The second-order valence-corrected chi connectivity index (χ2v) is 17.4. The minimum absolute atomic E-state index is 0.113. The van der Waals surface area contributed by atoms with Gasteiger partial charge in [-0.3, -0.25) is 0 Å². The smallest absolute Gasteiger partial charge is 0.0541 e. The van der Waals surface area contributed by atoms with Gasteiger partial charge in [0.1, 0.15) is 0 Å². The zero-order chi connectivity index (χ0) is 42.1. The second kappa shape index (κ2) is 14.6. The summed E-state index contributed by atoms with van der Waals surface area (Å²) < 4.78 is 2.37. The van der Waals surface area contributed by atoms with Gasteiger partial charge in [0.25, 0.3) is 0 Å².